The minimum absolute atomic E-state index is 0.168. The largest absolute Gasteiger partial charge is 0.361 e. The van der Waals surface area contributed by atoms with Crippen LogP contribution in [-0.4, -0.2) is 10.9 Å². The highest BCUT2D eigenvalue weighted by Gasteiger charge is 2.21. The van der Waals surface area contributed by atoms with Crippen LogP contribution in [0.25, 0.3) is 10.9 Å². The normalized spacial score (nSPS) is 16.6. The lowest BCUT2D eigenvalue weighted by Gasteiger charge is -2.26. The second kappa shape index (κ2) is 7.14. The molecule has 0 radical (unpaired) electrons. The van der Waals surface area contributed by atoms with Gasteiger partial charge in [0.2, 0.25) is 5.91 Å². The Bertz CT molecular complexity index is 880. The van der Waals surface area contributed by atoms with Gasteiger partial charge in [-0.3, -0.25) is 4.79 Å². The van der Waals surface area contributed by atoms with Gasteiger partial charge in [0.05, 0.1) is 6.04 Å². The summed E-state index contributed by atoms with van der Waals surface area (Å²) in [6, 6.07) is 17.0. The van der Waals surface area contributed by atoms with Crippen LogP contribution >= 0.6 is 0 Å². The Hall–Kier alpha value is -2.55. The van der Waals surface area contributed by atoms with Crippen LogP contribution in [0.5, 0.6) is 0 Å². The molecule has 1 atom stereocenters. The van der Waals surface area contributed by atoms with Crippen molar-refractivity contribution >= 4 is 16.8 Å². The Morgan fingerprint density at radius 3 is 2.92 bits per heavy atom. The monoisotopic (exact) mass is 332 g/mol. The standard InChI is InChI=1S/C22H24N2O/c25-22(24-21-13-5-8-16-7-1-2-10-18(16)21)14-6-9-17-15-23-20-12-4-3-11-19(17)20/h1-4,7,10-12,15,21,23H,5-6,8-9,13-14H2,(H,24,25). The fourth-order valence-electron chi connectivity index (χ4n) is 3.95. The van der Waals surface area contributed by atoms with Gasteiger partial charge in [0.25, 0.3) is 0 Å². The Morgan fingerprint density at radius 1 is 1.12 bits per heavy atom. The van der Waals surface area contributed by atoms with Crippen LogP contribution in [0.1, 0.15) is 48.4 Å². The zero-order valence-corrected chi connectivity index (χ0v) is 14.4. The first-order valence-corrected chi connectivity index (χ1v) is 9.23. The van der Waals surface area contributed by atoms with E-state index in [2.05, 4.69) is 59.0 Å². The minimum Gasteiger partial charge on any atom is -0.361 e. The first-order chi connectivity index (χ1) is 12.3. The zero-order valence-electron chi connectivity index (χ0n) is 14.4. The summed E-state index contributed by atoms with van der Waals surface area (Å²) in [5, 5.41) is 4.51. The van der Waals surface area contributed by atoms with Crippen LogP contribution in [0.4, 0.5) is 0 Å². The van der Waals surface area contributed by atoms with Gasteiger partial charge < -0.3 is 10.3 Å². The third-order valence-electron chi connectivity index (χ3n) is 5.23. The number of aromatic nitrogens is 1. The maximum atomic E-state index is 12.4. The number of H-pyrrole nitrogens is 1. The average Bonchev–Trinajstić information content (AvgIpc) is 3.05. The number of para-hydroxylation sites is 1. The van der Waals surface area contributed by atoms with E-state index in [4.69, 9.17) is 0 Å². The molecular formula is C22H24N2O. The molecule has 0 saturated carbocycles. The minimum atomic E-state index is 0.168. The van der Waals surface area contributed by atoms with Gasteiger partial charge in [-0.1, -0.05) is 42.5 Å². The van der Waals surface area contributed by atoms with Crippen LogP contribution in [0, 0.1) is 0 Å². The fourth-order valence-corrected chi connectivity index (χ4v) is 3.95. The third kappa shape index (κ3) is 3.46. The third-order valence-corrected chi connectivity index (χ3v) is 5.23. The number of amides is 1. The number of carbonyl (C=O) groups is 1. The number of benzene rings is 2. The quantitative estimate of drug-likeness (QED) is 0.700. The molecule has 0 bridgehead atoms. The van der Waals surface area contributed by atoms with Gasteiger partial charge in [0.1, 0.15) is 0 Å². The average molecular weight is 332 g/mol. The molecule has 0 aliphatic heterocycles. The van der Waals surface area contributed by atoms with Crippen LogP contribution < -0.4 is 5.32 Å². The molecule has 3 aromatic rings. The second-order valence-electron chi connectivity index (χ2n) is 6.92. The SMILES string of the molecule is O=C(CCCc1c[nH]c2ccccc12)NC1CCCc2ccccc21. The van der Waals surface area contributed by atoms with Gasteiger partial charge in [0, 0.05) is 23.5 Å². The van der Waals surface area contributed by atoms with Crippen LogP contribution in [-0.2, 0) is 17.6 Å². The molecule has 1 unspecified atom stereocenters. The number of nitrogens with one attached hydrogen (secondary N) is 2. The van der Waals surface area contributed by atoms with Gasteiger partial charge in [-0.05, 0) is 54.9 Å². The molecule has 1 aliphatic carbocycles. The summed E-state index contributed by atoms with van der Waals surface area (Å²) in [7, 11) is 0. The first kappa shape index (κ1) is 15.9. The maximum Gasteiger partial charge on any atom is 0.220 e. The summed E-state index contributed by atoms with van der Waals surface area (Å²) in [5.74, 6) is 0.168. The van der Waals surface area contributed by atoms with E-state index in [0.717, 1.165) is 32.1 Å². The van der Waals surface area contributed by atoms with Crippen molar-refractivity contribution in [3.63, 3.8) is 0 Å². The van der Waals surface area contributed by atoms with Gasteiger partial charge >= 0.3 is 0 Å². The molecule has 3 nitrogen and oxygen atoms in total. The molecule has 0 saturated heterocycles. The van der Waals surface area contributed by atoms with E-state index in [0.29, 0.717) is 6.42 Å². The van der Waals surface area contributed by atoms with Gasteiger partial charge in [-0.15, -0.1) is 0 Å². The molecule has 2 N–H and O–H groups in total. The fraction of sp³-hybridized carbons (Fsp3) is 0.318. The summed E-state index contributed by atoms with van der Waals surface area (Å²) < 4.78 is 0. The molecule has 0 fully saturated rings. The zero-order chi connectivity index (χ0) is 17.1. The van der Waals surface area contributed by atoms with Gasteiger partial charge in [0.15, 0.2) is 0 Å². The highest BCUT2D eigenvalue weighted by atomic mass is 16.1. The molecular weight excluding hydrogens is 308 g/mol. The summed E-state index contributed by atoms with van der Waals surface area (Å²) in [5.41, 5.74) is 5.16. The van der Waals surface area contributed by atoms with Crippen molar-refractivity contribution in [3.8, 4) is 0 Å². The van der Waals surface area contributed by atoms with E-state index < -0.39 is 0 Å². The summed E-state index contributed by atoms with van der Waals surface area (Å²) in [6.07, 6.45) is 7.78. The Kier molecular flexibility index (Phi) is 4.55. The molecule has 1 aromatic heterocycles. The number of aryl methyl sites for hydroxylation is 2. The molecule has 1 aliphatic rings. The van der Waals surface area contributed by atoms with E-state index in [-0.39, 0.29) is 11.9 Å². The van der Waals surface area contributed by atoms with Crippen molar-refractivity contribution in [2.24, 2.45) is 0 Å². The molecule has 3 heteroatoms. The van der Waals surface area contributed by atoms with Crippen molar-refractivity contribution in [3.05, 3.63) is 71.4 Å². The Morgan fingerprint density at radius 2 is 1.96 bits per heavy atom. The van der Waals surface area contributed by atoms with Gasteiger partial charge in [-0.25, -0.2) is 0 Å². The highest BCUT2D eigenvalue weighted by Crippen LogP contribution is 2.29. The lowest BCUT2D eigenvalue weighted by Crippen LogP contribution is -2.30. The number of fused-ring (bicyclic) bond motifs is 2. The highest BCUT2D eigenvalue weighted by molar-refractivity contribution is 5.83. The number of rotatable bonds is 5. The lowest BCUT2D eigenvalue weighted by atomic mass is 9.87. The van der Waals surface area contributed by atoms with Crippen molar-refractivity contribution in [2.75, 3.05) is 0 Å². The van der Waals surface area contributed by atoms with Gasteiger partial charge in [-0.2, -0.15) is 0 Å². The van der Waals surface area contributed by atoms with Crippen LogP contribution in [0.2, 0.25) is 0 Å². The maximum absolute atomic E-state index is 12.4. The Labute approximate surface area is 148 Å². The number of aromatic amines is 1. The van der Waals surface area contributed by atoms with Crippen molar-refractivity contribution in [1.82, 2.24) is 10.3 Å². The number of carbonyl (C=O) groups excluding carboxylic acids is 1. The van der Waals surface area contributed by atoms with Crippen LogP contribution in [0.15, 0.2) is 54.7 Å². The van der Waals surface area contributed by atoms with Crippen molar-refractivity contribution < 1.29 is 4.79 Å². The lowest BCUT2D eigenvalue weighted by molar-refractivity contribution is -0.122. The van der Waals surface area contributed by atoms with Crippen LogP contribution in [0.3, 0.4) is 0 Å². The number of hydrogen-bond donors (Lipinski definition) is 2. The van der Waals surface area contributed by atoms with E-state index in [1.165, 1.54) is 27.6 Å². The molecule has 2 aromatic carbocycles. The molecule has 4 rings (SSSR count). The van der Waals surface area contributed by atoms with E-state index >= 15 is 0 Å². The first-order valence-electron chi connectivity index (χ1n) is 9.23. The molecule has 1 amide bonds. The predicted molar refractivity (Wildman–Crippen MR) is 102 cm³/mol. The topological polar surface area (TPSA) is 44.9 Å². The second-order valence-corrected chi connectivity index (χ2v) is 6.92. The molecule has 1 heterocycles. The summed E-state index contributed by atoms with van der Waals surface area (Å²) >= 11 is 0. The Balaban J connectivity index is 1.33. The summed E-state index contributed by atoms with van der Waals surface area (Å²) in [6.45, 7) is 0. The van der Waals surface area contributed by atoms with E-state index in [1.807, 2.05) is 6.07 Å². The van der Waals surface area contributed by atoms with E-state index in [9.17, 15) is 4.79 Å². The molecule has 128 valence electrons. The van der Waals surface area contributed by atoms with Crippen molar-refractivity contribution in [2.45, 2.75) is 44.6 Å². The van der Waals surface area contributed by atoms with Crippen molar-refractivity contribution in [1.29, 1.82) is 0 Å². The predicted octanol–water partition coefficient (Wildman–Crippen LogP) is 4.68. The molecule has 0 spiro atoms. The van der Waals surface area contributed by atoms with E-state index in [1.54, 1.807) is 0 Å². The molecule has 25 heavy (non-hydrogen) atoms. The summed E-state index contributed by atoms with van der Waals surface area (Å²) in [4.78, 5) is 15.7. The smallest absolute Gasteiger partial charge is 0.220 e. The number of hydrogen-bond acceptors (Lipinski definition) is 1.